The summed E-state index contributed by atoms with van der Waals surface area (Å²) in [5.74, 6) is 3.50. The molecule has 2 atom stereocenters. The molecule has 14 rings (SSSR count). The molecule has 4 saturated heterocycles. The van der Waals surface area contributed by atoms with E-state index in [1.807, 2.05) is 24.3 Å². The van der Waals surface area contributed by atoms with Crippen LogP contribution in [0.1, 0.15) is 96.1 Å². The second-order valence-corrected chi connectivity index (χ2v) is 22.8. The van der Waals surface area contributed by atoms with Crippen molar-refractivity contribution in [3.8, 4) is 46.3 Å². The van der Waals surface area contributed by atoms with E-state index in [9.17, 15) is 10.5 Å². The van der Waals surface area contributed by atoms with Crippen LogP contribution in [0.2, 0.25) is 0 Å². The molecule has 4 aliphatic rings. The third kappa shape index (κ3) is 11.6. The Balaban J connectivity index is 0.703. The maximum atomic E-state index is 9.35. The van der Waals surface area contributed by atoms with E-state index < -0.39 is 0 Å². The van der Waals surface area contributed by atoms with Gasteiger partial charge in [0.05, 0.1) is 16.8 Å². The average Bonchev–Trinajstić information content (AvgIpc) is 2.00. The van der Waals surface area contributed by atoms with Crippen molar-refractivity contribution >= 4 is 45.9 Å². The zero-order valence-electron chi connectivity index (χ0n) is 48.0. The highest BCUT2D eigenvalue weighted by Gasteiger charge is 2.31. The second kappa shape index (κ2) is 24.3. The Morgan fingerprint density at radius 1 is 0.517 bits per heavy atom. The number of nitrogens with one attached hydrogen (secondary N) is 1. The van der Waals surface area contributed by atoms with Crippen LogP contribution in [0.4, 0.5) is 23.5 Å². The molecular formula is C65H64N20O2. The molecule has 0 saturated carbocycles. The Kier molecular flexibility index (Phi) is 15.4. The molecule has 0 bridgehead atoms. The van der Waals surface area contributed by atoms with E-state index >= 15 is 0 Å². The lowest BCUT2D eigenvalue weighted by molar-refractivity contribution is 0.00224. The van der Waals surface area contributed by atoms with Gasteiger partial charge in [0.2, 0.25) is 11.9 Å². The Morgan fingerprint density at radius 3 is 1.74 bits per heavy atom. The summed E-state index contributed by atoms with van der Waals surface area (Å²) in [6.45, 7) is 8.60. The summed E-state index contributed by atoms with van der Waals surface area (Å²) in [4.78, 5) is 55.1. The predicted octanol–water partition coefficient (Wildman–Crippen LogP) is 8.69. The van der Waals surface area contributed by atoms with E-state index in [0.29, 0.717) is 84.3 Å². The molecule has 0 aliphatic carbocycles. The minimum Gasteiger partial charge on any atom is -0.383 e. The Hall–Kier alpha value is -9.84. The Bertz CT molecular complexity index is 4210. The number of benzene rings is 2. The van der Waals surface area contributed by atoms with Crippen LogP contribution in [0.5, 0.6) is 0 Å². The van der Waals surface area contributed by atoms with E-state index in [0.717, 1.165) is 141 Å². The van der Waals surface area contributed by atoms with Crippen molar-refractivity contribution in [2.75, 3.05) is 80.8 Å². The number of hydrogen-bond donors (Lipinski definition) is 3. The number of nitrogen functional groups attached to an aromatic ring is 2. The number of pyridine rings is 4. The Labute approximate surface area is 502 Å². The summed E-state index contributed by atoms with van der Waals surface area (Å²) in [5, 5.41) is 22.1. The molecule has 4 aliphatic heterocycles. The number of nitrogens with zero attached hydrogens (tertiary/aromatic N) is 17. The van der Waals surface area contributed by atoms with Crippen molar-refractivity contribution in [2.45, 2.75) is 75.6 Å². The van der Waals surface area contributed by atoms with Crippen molar-refractivity contribution < 1.29 is 9.47 Å². The van der Waals surface area contributed by atoms with Crippen molar-refractivity contribution in [1.82, 2.24) is 68.8 Å². The number of hydrogen-bond acceptors (Lipinski definition) is 20. The van der Waals surface area contributed by atoms with Gasteiger partial charge in [0.1, 0.15) is 52.3 Å². The molecule has 0 radical (unpaired) electrons. The standard InChI is InChI=1S/C65H64N20O2/c66-37-46-17-25-71-64(74-46)73-45-19-27-81(28-20-45)39-41-3-7-49(8-4-41)85-61(80-55-15-13-52(77-62(55)85)43-21-33-86-34-22-43)51-11-12-54(76-59(51)69)57-36-44(23-35-87-57)53-14-16-56-63(78-53)84(60(79-56)50-2-1-24-70-58(50)68)48-9-5-42(6-10-48)40-82-29-31-83(32-30-82)65-72-26-18-47(38-67)75-65/h1-18,24-26,43-45,57H,19-23,27-36,39-40H2,(H2,68,70)(H2,69,76)(H,71,73,74). The van der Waals surface area contributed by atoms with Crippen LogP contribution in [-0.4, -0.2) is 134 Å². The quantitative estimate of drug-likeness (QED) is 0.0917. The number of rotatable bonds is 14. The summed E-state index contributed by atoms with van der Waals surface area (Å²) in [7, 11) is 0. The number of ether oxygens (including phenoxy) is 2. The average molecular weight is 1160 g/mol. The van der Waals surface area contributed by atoms with Crippen LogP contribution in [0.25, 0.3) is 56.5 Å². The monoisotopic (exact) mass is 1160 g/mol. The number of piperidine rings is 1. The van der Waals surface area contributed by atoms with Crippen LogP contribution in [-0.2, 0) is 22.6 Å². The SMILES string of the molecule is N#Cc1ccnc(NC2CCN(Cc3ccc(-n4c(-c5ccc(C6CC(c7ccc8nc(-c9cccnc9N)n(-c9ccc(CN%10CCN(c%11nccc(C#N)n%11)CC%10)cc9)c8n7)CCO6)nc5N)nc5ccc(C6CCOCC6)nc54)cc3)CC2)n1. The summed E-state index contributed by atoms with van der Waals surface area (Å²) in [5.41, 5.74) is 25.7. The molecule has 12 heterocycles. The third-order valence-electron chi connectivity index (χ3n) is 17.3. The van der Waals surface area contributed by atoms with E-state index in [1.54, 1.807) is 30.7 Å². The second-order valence-electron chi connectivity index (χ2n) is 22.8. The van der Waals surface area contributed by atoms with Crippen LogP contribution in [0, 0.1) is 22.7 Å². The van der Waals surface area contributed by atoms with Crippen LogP contribution in [0.3, 0.4) is 0 Å². The predicted molar refractivity (Wildman–Crippen MR) is 329 cm³/mol. The minimum atomic E-state index is -0.334. The fourth-order valence-electron chi connectivity index (χ4n) is 12.6. The number of fused-ring (bicyclic) bond motifs is 2. The molecule has 22 nitrogen and oxygen atoms in total. The molecule has 22 heteroatoms. The fraction of sp³-hybridized carbons (Fsp3) is 0.323. The molecule has 8 aromatic heterocycles. The van der Waals surface area contributed by atoms with Crippen molar-refractivity contribution in [3.63, 3.8) is 0 Å². The normalized spacial score (nSPS) is 18.2. The molecule has 10 aromatic rings. The van der Waals surface area contributed by atoms with Gasteiger partial charge in [-0.3, -0.25) is 18.9 Å². The van der Waals surface area contributed by atoms with Crippen molar-refractivity contribution in [3.05, 3.63) is 167 Å². The first-order valence-corrected chi connectivity index (χ1v) is 29.8. The first kappa shape index (κ1) is 55.1. The molecule has 87 heavy (non-hydrogen) atoms. The van der Waals surface area contributed by atoms with Gasteiger partial charge >= 0.3 is 0 Å². The lowest BCUT2D eigenvalue weighted by Gasteiger charge is -2.34. The highest BCUT2D eigenvalue weighted by Crippen LogP contribution is 2.40. The molecule has 2 unspecified atom stereocenters. The number of imidazole rings is 2. The van der Waals surface area contributed by atoms with Gasteiger partial charge in [0.15, 0.2) is 22.9 Å². The van der Waals surface area contributed by atoms with E-state index in [2.05, 4.69) is 139 Å². The highest BCUT2D eigenvalue weighted by molar-refractivity contribution is 5.84. The fourth-order valence-corrected chi connectivity index (χ4v) is 12.6. The molecule has 4 fully saturated rings. The minimum absolute atomic E-state index is 0.0529. The smallest absolute Gasteiger partial charge is 0.226 e. The molecular weight excluding hydrogens is 1090 g/mol. The topological polar surface area (TPSA) is 279 Å². The summed E-state index contributed by atoms with van der Waals surface area (Å²) in [6, 6.07) is 41.1. The maximum absolute atomic E-state index is 9.35. The number of likely N-dealkylation sites (tertiary alicyclic amines) is 1. The summed E-state index contributed by atoms with van der Waals surface area (Å²) >= 11 is 0. The van der Waals surface area contributed by atoms with Crippen LogP contribution >= 0.6 is 0 Å². The van der Waals surface area contributed by atoms with E-state index in [-0.39, 0.29) is 18.1 Å². The summed E-state index contributed by atoms with van der Waals surface area (Å²) in [6.07, 6.45) is 9.76. The first-order chi connectivity index (χ1) is 42.8. The van der Waals surface area contributed by atoms with E-state index in [1.165, 1.54) is 11.1 Å². The van der Waals surface area contributed by atoms with Gasteiger partial charge in [-0.15, -0.1) is 0 Å². The first-order valence-electron chi connectivity index (χ1n) is 29.8. The van der Waals surface area contributed by atoms with Crippen LogP contribution in [0.15, 0.2) is 128 Å². The van der Waals surface area contributed by atoms with Gasteiger partial charge in [-0.25, -0.2) is 49.8 Å². The van der Waals surface area contributed by atoms with Crippen molar-refractivity contribution in [1.29, 1.82) is 10.5 Å². The zero-order valence-corrected chi connectivity index (χ0v) is 48.0. The molecule has 436 valence electrons. The summed E-state index contributed by atoms with van der Waals surface area (Å²) < 4.78 is 16.5. The van der Waals surface area contributed by atoms with Gasteiger partial charge in [0, 0.05) is 131 Å². The number of piperazine rings is 1. The lowest BCUT2D eigenvalue weighted by Crippen LogP contribution is -2.46. The maximum Gasteiger partial charge on any atom is 0.226 e. The van der Waals surface area contributed by atoms with E-state index in [4.69, 9.17) is 45.9 Å². The number of nitrogens with two attached hydrogens (primary N) is 2. The third-order valence-corrected chi connectivity index (χ3v) is 17.3. The van der Waals surface area contributed by atoms with Gasteiger partial charge in [0.25, 0.3) is 0 Å². The largest absolute Gasteiger partial charge is 0.383 e. The van der Waals surface area contributed by atoms with Crippen LogP contribution < -0.4 is 21.7 Å². The molecule has 0 spiro atoms. The van der Waals surface area contributed by atoms with Crippen molar-refractivity contribution in [2.24, 2.45) is 0 Å². The molecule has 2 aromatic carbocycles. The van der Waals surface area contributed by atoms with Gasteiger partial charge in [-0.05, 0) is 135 Å². The van der Waals surface area contributed by atoms with Gasteiger partial charge in [-0.1, -0.05) is 24.3 Å². The molecule has 5 N–H and O–H groups in total. The van der Waals surface area contributed by atoms with Gasteiger partial charge in [-0.2, -0.15) is 10.5 Å². The highest BCUT2D eigenvalue weighted by atomic mass is 16.5. The zero-order chi connectivity index (χ0) is 58.8. The Morgan fingerprint density at radius 2 is 1.10 bits per heavy atom. The number of nitriles is 2. The number of anilines is 4. The number of aromatic nitrogens is 12. The molecule has 0 amide bonds. The lowest BCUT2D eigenvalue weighted by atomic mass is 9.90. The van der Waals surface area contributed by atoms with Gasteiger partial charge < -0.3 is 31.2 Å².